The largest absolute Gasteiger partial charge is 0.143 e. The highest BCUT2D eigenvalue weighted by atomic mass is 32.1. The molecule has 0 nitrogen and oxygen atoms in total. The first kappa shape index (κ1) is 12.1. The molecule has 0 N–H and O–H groups in total. The van der Waals surface area contributed by atoms with Gasteiger partial charge in [0.2, 0.25) is 0 Å². The second-order valence-electron chi connectivity index (χ2n) is 3.90. The van der Waals surface area contributed by atoms with Crippen LogP contribution >= 0.6 is 56.7 Å². The maximum Gasteiger partial charge on any atom is 0.0629 e. The van der Waals surface area contributed by atoms with Crippen molar-refractivity contribution >= 4 is 84.9 Å². The van der Waals surface area contributed by atoms with Crippen LogP contribution in [-0.2, 0) is 0 Å². The lowest BCUT2D eigenvalue weighted by atomic mass is 10.5. The molecule has 94 valence electrons. The molecule has 19 heavy (non-hydrogen) atoms. The molecule has 0 amide bonds. The van der Waals surface area contributed by atoms with Crippen LogP contribution in [0.2, 0.25) is 0 Å². The Kier molecular flexibility index (Phi) is 3.17. The SMILES string of the molecule is c1cc2sc3ccsc3c2s1.c1cc2sccc2s1. The smallest absolute Gasteiger partial charge is 0.0629 e. The van der Waals surface area contributed by atoms with Crippen LogP contribution in [0.25, 0.3) is 28.2 Å². The van der Waals surface area contributed by atoms with Crippen LogP contribution in [0.5, 0.6) is 0 Å². The van der Waals surface area contributed by atoms with Crippen LogP contribution in [-0.4, -0.2) is 0 Å². The average molecular weight is 337 g/mol. The number of hydrogen-bond donors (Lipinski definition) is 0. The van der Waals surface area contributed by atoms with Crippen LogP contribution in [0.1, 0.15) is 0 Å². The molecule has 0 atom stereocenters. The zero-order valence-corrected chi connectivity index (χ0v) is 13.7. The summed E-state index contributed by atoms with van der Waals surface area (Å²) in [4.78, 5) is 0. The van der Waals surface area contributed by atoms with Gasteiger partial charge in [0.1, 0.15) is 0 Å². The third-order valence-electron chi connectivity index (χ3n) is 2.76. The molecule has 0 fully saturated rings. The van der Waals surface area contributed by atoms with E-state index in [1.807, 2.05) is 34.0 Å². The van der Waals surface area contributed by atoms with Gasteiger partial charge in [-0.05, 0) is 45.8 Å². The van der Waals surface area contributed by atoms with E-state index in [0.29, 0.717) is 0 Å². The van der Waals surface area contributed by atoms with Gasteiger partial charge < -0.3 is 0 Å². The Morgan fingerprint density at radius 2 is 0.895 bits per heavy atom. The van der Waals surface area contributed by atoms with E-state index in [2.05, 4.69) is 45.8 Å². The van der Waals surface area contributed by atoms with Crippen molar-refractivity contribution < 1.29 is 0 Å². The molecule has 5 heterocycles. The number of fused-ring (bicyclic) bond motifs is 4. The summed E-state index contributed by atoms with van der Waals surface area (Å²) in [5, 5.41) is 8.59. The summed E-state index contributed by atoms with van der Waals surface area (Å²) in [5.74, 6) is 0. The van der Waals surface area contributed by atoms with Crippen molar-refractivity contribution in [2.45, 2.75) is 0 Å². The summed E-state index contributed by atoms with van der Waals surface area (Å²) >= 11 is 9.20. The molecule has 5 rings (SSSR count). The van der Waals surface area contributed by atoms with E-state index in [4.69, 9.17) is 0 Å². The maximum atomic E-state index is 2.21. The van der Waals surface area contributed by atoms with E-state index in [0.717, 1.165) is 0 Å². The Morgan fingerprint density at radius 1 is 0.474 bits per heavy atom. The molecule has 0 saturated heterocycles. The fourth-order valence-corrected chi connectivity index (χ4v) is 7.24. The Labute approximate surface area is 130 Å². The molecule has 0 spiro atoms. The quantitative estimate of drug-likeness (QED) is 0.282. The van der Waals surface area contributed by atoms with E-state index in [1.165, 1.54) is 28.2 Å². The first-order chi connectivity index (χ1) is 9.42. The highest BCUT2D eigenvalue weighted by Crippen LogP contribution is 2.40. The highest BCUT2D eigenvalue weighted by molar-refractivity contribution is 7.37. The maximum absolute atomic E-state index is 2.21. The van der Waals surface area contributed by atoms with Gasteiger partial charge in [0, 0.05) is 18.8 Å². The Bertz CT molecular complexity index is 830. The fraction of sp³-hybridized carbons (Fsp3) is 0. The van der Waals surface area contributed by atoms with Gasteiger partial charge in [-0.25, -0.2) is 0 Å². The standard InChI is InChI=1S/C8H4S3.C6H4S2/c1-3-9-7-5(1)11-6-2-4-10-8(6)7;1-3-7-6-2-4-8-5(1)6/h1-4H;1-4H. The minimum atomic E-state index is 1.41. The number of thiophene rings is 5. The molecule has 0 aliphatic heterocycles. The fourth-order valence-electron chi connectivity index (χ4n) is 1.90. The molecular formula is C14H8S5. The molecule has 5 aromatic heterocycles. The summed E-state index contributed by atoms with van der Waals surface area (Å²) in [7, 11) is 0. The van der Waals surface area contributed by atoms with Crippen LogP contribution in [0.3, 0.4) is 0 Å². The molecule has 5 aromatic rings. The van der Waals surface area contributed by atoms with Gasteiger partial charge in [-0.1, -0.05) is 0 Å². The first-order valence-electron chi connectivity index (χ1n) is 5.66. The Hall–Kier alpha value is -0.720. The minimum absolute atomic E-state index is 1.41. The van der Waals surface area contributed by atoms with E-state index in [1.54, 1.807) is 22.7 Å². The molecule has 0 bridgehead atoms. The van der Waals surface area contributed by atoms with Gasteiger partial charge in [0.05, 0.1) is 9.40 Å². The lowest BCUT2D eigenvalue weighted by Crippen LogP contribution is -1.39. The lowest BCUT2D eigenvalue weighted by Gasteiger charge is -1.71. The second-order valence-corrected chi connectivity index (χ2v) is 8.71. The molecular weight excluding hydrogens is 328 g/mol. The third kappa shape index (κ3) is 2.15. The van der Waals surface area contributed by atoms with Crippen LogP contribution in [0, 0.1) is 0 Å². The Morgan fingerprint density at radius 3 is 1.42 bits per heavy atom. The predicted octanol–water partition coefficient (Wildman–Crippen LogP) is 7.14. The number of rotatable bonds is 0. The molecule has 5 heteroatoms. The van der Waals surface area contributed by atoms with Crippen LogP contribution < -0.4 is 0 Å². The molecule has 0 aliphatic carbocycles. The van der Waals surface area contributed by atoms with Crippen LogP contribution in [0.15, 0.2) is 45.8 Å². The van der Waals surface area contributed by atoms with Crippen LogP contribution in [0.4, 0.5) is 0 Å². The third-order valence-corrected chi connectivity index (χ3v) is 8.02. The van der Waals surface area contributed by atoms with Crippen molar-refractivity contribution in [3.63, 3.8) is 0 Å². The number of hydrogen-bond acceptors (Lipinski definition) is 5. The van der Waals surface area contributed by atoms with Crippen molar-refractivity contribution in [2.75, 3.05) is 0 Å². The van der Waals surface area contributed by atoms with E-state index in [9.17, 15) is 0 Å². The van der Waals surface area contributed by atoms with Crippen molar-refractivity contribution in [2.24, 2.45) is 0 Å². The van der Waals surface area contributed by atoms with Gasteiger partial charge in [-0.3, -0.25) is 0 Å². The summed E-state index contributed by atoms with van der Waals surface area (Å²) < 4.78 is 8.65. The Balaban J connectivity index is 0.000000107. The summed E-state index contributed by atoms with van der Waals surface area (Å²) in [6.45, 7) is 0. The summed E-state index contributed by atoms with van der Waals surface area (Å²) in [6, 6.07) is 8.73. The van der Waals surface area contributed by atoms with Crippen molar-refractivity contribution in [1.29, 1.82) is 0 Å². The predicted molar refractivity (Wildman–Crippen MR) is 94.8 cm³/mol. The normalized spacial score (nSPS) is 11.2. The van der Waals surface area contributed by atoms with E-state index in [-0.39, 0.29) is 0 Å². The molecule has 0 aromatic carbocycles. The summed E-state index contributed by atoms with van der Waals surface area (Å²) in [6.07, 6.45) is 0. The van der Waals surface area contributed by atoms with Gasteiger partial charge >= 0.3 is 0 Å². The average Bonchev–Trinajstić information content (AvgIpc) is 3.14. The van der Waals surface area contributed by atoms with Crippen molar-refractivity contribution in [3.05, 3.63) is 45.8 Å². The van der Waals surface area contributed by atoms with Crippen molar-refractivity contribution in [1.82, 2.24) is 0 Å². The lowest BCUT2D eigenvalue weighted by molar-refractivity contribution is 2.24. The van der Waals surface area contributed by atoms with E-state index < -0.39 is 0 Å². The topological polar surface area (TPSA) is 0 Å². The van der Waals surface area contributed by atoms with Gasteiger partial charge in [0.25, 0.3) is 0 Å². The van der Waals surface area contributed by atoms with Gasteiger partial charge in [-0.15, -0.1) is 56.7 Å². The summed E-state index contributed by atoms with van der Waals surface area (Å²) in [5.41, 5.74) is 0. The zero-order chi connectivity index (χ0) is 12.7. The van der Waals surface area contributed by atoms with E-state index >= 15 is 0 Å². The monoisotopic (exact) mass is 336 g/mol. The first-order valence-corrected chi connectivity index (χ1v) is 9.99. The second kappa shape index (κ2) is 5.00. The molecule has 0 saturated carbocycles. The highest BCUT2D eigenvalue weighted by Gasteiger charge is 2.05. The van der Waals surface area contributed by atoms with Gasteiger partial charge in [-0.2, -0.15) is 0 Å². The molecule has 0 unspecified atom stereocenters. The van der Waals surface area contributed by atoms with Crippen molar-refractivity contribution in [3.8, 4) is 0 Å². The van der Waals surface area contributed by atoms with Gasteiger partial charge in [0.15, 0.2) is 0 Å². The minimum Gasteiger partial charge on any atom is -0.143 e. The molecule has 0 aliphatic rings. The molecule has 0 radical (unpaired) electrons. The zero-order valence-electron chi connectivity index (χ0n) is 9.66.